The summed E-state index contributed by atoms with van der Waals surface area (Å²) in [4.78, 5) is 14.0. The van der Waals surface area contributed by atoms with Crippen LogP contribution in [0.2, 0.25) is 5.02 Å². The Bertz CT molecular complexity index is 432. The Hall–Kier alpha value is -1.06. The monoisotopic (exact) mass is 266 g/mol. The van der Waals surface area contributed by atoms with Crippen LogP contribution in [0.3, 0.4) is 0 Å². The standard InChI is InChI=1S/C14H19ClN2O/c1-3-12(4-2)17-13(18)9-16-14(17)10-6-5-7-11(15)8-10/h5-8,12,14,16H,3-4,9H2,1-2H3. The largest absolute Gasteiger partial charge is 0.319 e. The number of hydrogen-bond acceptors (Lipinski definition) is 2. The van der Waals surface area contributed by atoms with E-state index in [4.69, 9.17) is 11.6 Å². The third kappa shape index (κ3) is 2.52. The first kappa shape index (κ1) is 13.4. The van der Waals surface area contributed by atoms with Crippen molar-refractivity contribution in [2.45, 2.75) is 38.9 Å². The van der Waals surface area contributed by atoms with Gasteiger partial charge in [0.05, 0.1) is 6.54 Å². The molecule has 0 bridgehead atoms. The van der Waals surface area contributed by atoms with Crippen molar-refractivity contribution in [3.8, 4) is 0 Å². The van der Waals surface area contributed by atoms with E-state index < -0.39 is 0 Å². The molecule has 98 valence electrons. The number of benzene rings is 1. The number of halogens is 1. The highest BCUT2D eigenvalue weighted by Gasteiger charge is 2.35. The summed E-state index contributed by atoms with van der Waals surface area (Å²) < 4.78 is 0. The van der Waals surface area contributed by atoms with E-state index in [-0.39, 0.29) is 18.1 Å². The molecule has 3 nitrogen and oxygen atoms in total. The molecule has 2 rings (SSSR count). The van der Waals surface area contributed by atoms with Gasteiger partial charge in [-0.1, -0.05) is 37.6 Å². The Labute approximate surface area is 113 Å². The maximum atomic E-state index is 12.0. The van der Waals surface area contributed by atoms with Crippen LogP contribution in [0.25, 0.3) is 0 Å². The van der Waals surface area contributed by atoms with Crippen molar-refractivity contribution in [1.82, 2.24) is 10.2 Å². The van der Waals surface area contributed by atoms with E-state index in [9.17, 15) is 4.79 Å². The van der Waals surface area contributed by atoms with Crippen LogP contribution in [0.4, 0.5) is 0 Å². The number of hydrogen-bond donors (Lipinski definition) is 1. The molecule has 1 aliphatic heterocycles. The lowest BCUT2D eigenvalue weighted by Gasteiger charge is -2.32. The third-order valence-electron chi connectivity index (χ3n) is 3.51. The van der Waals surface area contributed by atoms with Crippen LogP contribution in [0.5, 0.6) is 0 Å². The van der Waals surface area contributed by atoms with Crippen molar-refractivity contribution in [1.29, 1.82) is 0 Å². The van der Waals surface area contributed by atoms with Crippen molar-refractivity contribution < 1.29 is 4.79 Å². The van der Waals surface area contributed by atoms with Gasteiger partial charge in [0, 0.05) is 11.1 Å². The second-order valence-electron chi connectivity index (χ2n) is 4.61. The fourth-order valence-corrected chi connectivity index (χ4v) is 2.77. The number of nitrogens with zero attached hydrogens (tertiary/aromatic N) is 1. The van der Waals surface area contributed by atoms with E-state index in [0.717, 1.165) is 18.4 Å². The molecule has 1 unspecified atom stereocenters. The number of carbonyl (C=O) groups excluding carboxylic acids is 1. The zero-order chi connectivity index (χ0) is 13.1. The van der Waals surface area contributed by atoms with Crippen LogP contribution < -0.4 is 5.32 Å². The summed E-state index contributed by atoms with van der Waals surface area (Å²) in [5.74, 6) is 0.175. The maximum Gasteiger partial charge on any atom is 0.238 e. The van der Waals surface area contributed by atoms with E-state index in [2.05, 4.69) is 19.2 Å². The lowest BCUT2D eigenvalue weighted by molar-refractivity contribution is -0.130. The second-order valence-corrected chi connectivity index (χ2v) is 5.05. The van der Waals surface area contributed by atoms with Gasteiger partial charge in [-0.2, -0.15) is 0 Å². The molecule has 1 heterocycles. The molecule has 1 aromatic carbocycles. The summed E-state index contributed by atoms with van der Waals surface area (Å²) in [6.07, 6.45) is 1.91. The minimum atomic E-state index is -0.0406. The van der Waals surface area contributed by atoms with Crippen molar-refractivity contribution in [2.75, 3.05) is 6.54 Å². The second kappa shape index (κ2) is 5.72. The molecular formula is C14H19ClN2O. The molecule has 0 spiro atoms. The summed E-state index contributed by atoms with van der Waals surface area (Å²) in [7, 11) is 0. The topological polar surface area (TPSA) is 32.3 Å². The SMILES string of the molecule is CCC(CC)N1C(=O)CNC1c1cccc(Cl)c1. The number of rotatable bonds is 4. The first-order chi connectivity index (χ1) is 8.67. The average molecular weight is 267 g/mol. The van der Waals surface area contributed by atoms with Gasteiger partial charge < -0.3 is 4.90 Å². The number of amides is 1. The zero-order valence-corrected chi connectivity index (χ0v) is 11.6. The average Bonchev–Trinajstić information content (AvgIpc) is 2.74. The normalized spacial score (nSPS) is 19.9. The molecule has 1 atom stereocenters. The molecule has 1 saturated heterocycles. The van der Waals surface area contributed by atoms with Gasteiger partial charge in [0.25, 0.3) is 0 Å². The Morgan fingerprint density at radius 1 is 1.44 bits per heavy atom. The molecule has 0 radical (unpaired) electrons. The Morgan fingerprint density at radius 3 is 2.78 bits per heavy atom. The molecule has 0 saturated carbocycles. The van der Waals surface area contributed by atoms with Gasteiger partial charge in [-0.3, -0.25) is 10.1 Å². The quantitative estimate of drug-likeness (QED) is 0.909. The fourth-order valence-electron chi connectivity index (χ4n) is 2.57. The minimum Gasteiger partial charge on any atom is -0.319 e. The summed E-state index contributed by atoms with van der Waals surface area (Å²) in [6.45, 7) is 4.65. The zero-order valence-electron chi connectivity index (χ0n) is 10.8. The predicted molar refractivity (Wildman–Crippen MR) is 73.4 cm³/mol. The van der Waals surface area contributed by atoms with E-state index in [1.807, 2.05) is 29.2 Å². The van der Waals surface area contributed by atoms with Gasteiger partial charge in [-0.25, -0.2) is 0 Å². The highest BCUT2D eigenvalue weighted by molar-refractivity contribution is 6.30. The van der Waals surface area contributed by atoms with Gasteiger partial charge in [-0.05, 0) is 30.5 Å². The van der Waals surface area contributed by atoms with Crippen molar-refractivity contribution in [2.24, 2.45) is 0 Å². The molecule has 18 heavy (non-hydrogen) atoms. The van der Waals surface area contributed by atoms with Crippen LogP contribution in [-0.2, 0) is 4.79 Å². The summed E-state index contributed by atoms with van der Waals surface area (Å²) >= 11 is 6.02. The van der Waals surface area contributed by atoms with Crippen LogP contribution in [0.1, 0.15) is 38.4 Å². The molecular weight excluding hydrogens is 248 g/mol. The number of nitrogens with one attached hydrogen (secondary N) is 1. The van der Waals surface area contributed by atoms with E-state index >= 15 is 0 Å². The van der Waals surface area contributed by atoms with Gasteiger partial charge in [0.2, 0.25) is 5.91 Å². The van der Waals surface area contributed by atoms with E-state index in [0.29, 0.717) is 11.6 Å². The Balaban J connectivity index is 2.29. The molecule has 1 N–H and O–H groups in total. The predicted octanol–water partition coefficient (Wildman–Crippen LogP) is 2.96. The molecule has 1 fully saturated rings. The summed E-state index contributed by atoms with van der Waals surface area (Å²) in [5, 5.41) is 3.97. The summed E-state index contributed by atoms with van der Waals surface area (Å²) in [5.41, 5.74) is 1.06. The van der Waals surface area contributed by atoms with E-state index in [1.54, 1.807) is 0 Å². The van der Waals surface area contributed by atoms with Gasteiger partial charge in [0.15, 0.2) is 0 Å². The maximum absolute atomic E-state index is 12.0. The van der Waals surface area contributed by atoms with Crippen LogP contribution >= 0.6 is 11.6 Å². The Morgan fingerprint density at radius 2 is 2.17 bits per heavy atom. The van der Waals surface area contributed by atoms with Crippen molar-refractivity contribution >= 4 is 17.5 Å². The van der Waals surface area contributed by atoms with Gasteiger partial charge in [-0.15, -0.1) is 0 Å². The van der Waals surface area contributed by atoms with Crippen LogP contribution in [-0.4, -0.2) is 23.4 Å². The highest BCUT2D eigenvalue weighted by Crippen LogP contribution is 2.28. The molecule has 0 aliphatic carbocycles. The van der Waals surface area contributed by atoms with Crippen LogP contribution in [0.15, 0.2) is 24.3 Å². The minimum absolute atomic E-state index is 0.0406. The summed E-state index contributed by atoms with van der Waals surface area (Å²) in [6, 6.07) is 8.00. The molecule has 1 aliphatic rings. The molecule has 0 aromatic heterocycles. The van der Waals surface area contributed by atoms with Gasteiger partial charge in [0.1, 0.15) is 6.17 Å². The third-order valence-corrected chi connectivity index (χ3v) is 3.75. The van der Waals surface area contributed by atoms with E-state index in [1.165, 1.54) is 0 Å². The Kier molecular flexibility index (Phi) is 4.25. The lowest BCUT2D eigenvalue weighted by atomic mass is 10.1. The number of carbonyl (C=O) groups is 1. The first-order valence-corrected chi connectivity index (χ1v) is 6.85. The first-order valence-electron chi connectivity index (χ1n) is 6.47. The fraction of sp³-hybridized carbons (Fsp3) is 0.500. The van der Waals surface area contributed by atoms with Crippen molar-refractivity contribution in [3.63, 3.8) is 0 Å². The lowest BCUT2D eigenvalue weighted by Crippen LogP contribution is -2.39. The van der Waals surface area contributed by atoms with Crippen molar-refractivity contribution in [3.05, 3.63) is 34.9 Å². The molecule has 1 aromatic rings. The highest BCUT2D eigenvalue weighted by atomic mass is 35.5. The smallest absolute Gasteiger partial charge is 0.238 e. The molecule has 4 heteroatoms. The van der Waals surface area contributed by atoms with Crippen LogP contribution in [0, 0.1) is 0 Å². The molecule has 1 amide bonds. The van der Waals surface area contributed by atoms with Gasteiger partial charge >= 0.3 is 0 Å².